The quantitative estimate of drug-likeness (QED) is 0.734. The second-order valence-electron chi connectivity index (χ2n) is 5.61. The zero-order valence-corrected chi connectivity index (χ0v) is 13.4. The predicted molar refractivity (Wildman–Crippen MR) is 88.8 cm³/mol. The molecule has 0 aliphatic carbocycles. The third kappa shape index (κ3) is 3.41. The van der Waals surface area contributed by atoms with Crippen LogP contribution in [0.15, 0.2) is 36.5 Å². The molecule has 6 nitrogen and oxygen atoms in total. The Morgan fingerprint density at radius 2 is 2.17 bits per heavy atom. The van der Waals surface area contributed by atoms with Crippen molar-refractivity contribution >= 4 is 16.9 Å². The second kappa shape index (κ2) is 6.64. The fourth-order valence-electron chi connectivity index (χ4n) is 2.73. The van der Waals surface area contributed by atoms with Gasteiger partial charge in [0.2, 0.25) is 5.91 Å². The molecule has 0 saturated carbocycles. The van der Waals surface area contributed by atoms with Gasteiger partial charge in [0.05, 0.1) is 22.8 Å². The summed E-state index contributed by atoms with van der Waals surface area (Å²) in [5, 5.41) is 7.23. The lowest BCUT2D eigenvalue weighted by Crippen LogP contribution is -2.29. The molecule has 6 heteroatoms. The number of para-hydroxylation sites is 2. The van der Waals surface area contributed by atoms with E-state index in [-0.39, 0.29) is 11.9 Å². The Morgan fingerprint density at radius 1 is 1.35 bits per heavy atom. The summed E-state index contributed by atoms with van der Waals surface area (Å²) in [4.78, 5) is 20.0. The van der Waals surface area contributed by atoms with Gasteiger partial charge in [-0.15, -0.1) is 0 Å². The number of fused-ring (bicyclic) bond motifs is 1. The number of hydrogen-bond acceptors (Lipinski definition) is 3. The van der Waals surface area contributed by atoms with E-state index in [1.54, 1.807) is 10.9 Å². The van der Waals surface area contributed by atoms with Crippen molar-refractivity contribution in [2.24, 2.45) is 7.05 Å². The van der Waals surface area contributed by atoms with Crippen LogP contribution >= 0.6 is 0 Å². The van der Waals surface area contributed by atoms with Crippen LogP contribution < -0.4 is 5.32 Å². The molecule has 0 saturated heterocycles. The first-order valence-corrected chi connectivity index (χ1v) is 7.88. The van der Waals surface area contributed by atoms with Gasteiger partial charge < -0.3 is 10.3 Å². The third-order valence-electron chi connectivity index (χ3n) is 3.99. The zero-order chi connectivity index (χ0) is 16.2. The van der Waals surface area contributed by atoms with Crippen LogP contribution in [-0.2, 0) is 18.3 Å². The van der Waals surface area contributed by atoms with E-state index < -0.39 is 0 Å². The van der Waals surface area contributed by atoms with E-state index >= 15 is 0 Å². The Kier molecular flexibility index (Phi) is 4.41. The Morgan fingerprint density at radius 3 is 2.87 bits per heavy atom. The first-order valence-electron chi connectivity index (χ1n) is 7.88. The average molecular weight is 311 g/mol. The summed E-state index contributed by atoms with van der Waals surface area (Å²) < 4.78 is 1.80. The lowest BCUT2D eigenvalue weighted by molar-refractivity contribution is -0.121. The first kappa shape index (κ1) is 15.3. The Hall–Kier alpha value is -2.63. The molecule has 2 aromatic heterocycles. The van der Waals surface area contributed by atoms with Gasteiger partial charge in [-0.05, 0) is 24.6 Å². The topological polar surface area (TPSA) is 75.6 Å². The van der Waals surface area contributed by atoms with Crippen LogP contribution in [0.2, 0.25) is 0 Å². The minimum atomic E-state index is -0.00864. The van der Waals surface area contributed by atoms with Gasteiger partial charge in [-0.1, -0.05) is 19.1 Å². The van der Waals surface area contributed by atoms with Crippen LogP contribution in [0.4, 0.5) is 0 Å². The maximum Gasteiger partial charge on any atom is 0.220 e. The maximum absolute atomic E-state index is 12.2. The summed E-state index contributed by atoms with van der Waals surface area (Å²) in [6.45, 7) is 2.05. The van der Waals surface area contributed by atoms with E-state index in [0.717, 1.165) is 29.0 Å². The van der Waals surface area contributed by atoms with E-state index in [4.69, 9.17) is 0 Å². The van der Waals surface area contributed by atoms with Gasteiger partial charge >= 0.3 is 0 Å². The van der Waals surface area contributed by atoms with Gasteiger partial charge in [-0.3, -0.25) is 9.48 Å². The Labute approximate surface area is 134 Å². The minimum absolute atomic E-state index is 0.00864. The number of benzene rings is 1. The highest BCUT2D eigenvalue weighted by Gasteiger charge is 2.16. The van der Waals surface area contributed by atoms with Crippen molar-refractivity contribution in [2.75, 3.05) is 0 Å². The first-order chi connectivity index (χ1) is 11.2. The molecule has 0 bridgehead atoms. The number of imidazole rings is 1. The van der Waals surface area contributed by atoms with Crippen LogP contribution in [0.5, 0.6) is 0 Å². The molecule has 0 spiro atoms. The number of nitrogens with zero attached hydrogens (tertiary/aromatic N) is 3. The van der Waals surface area contributed by atoms with Gasteiger partial charge in [-0.25, -0.2) is 4.98 Å². The van der Waals surface area contributed by atoms with E-state index in [1.165, 1.54) is 0 Å². The molecule has 1 amide bonds. The number of aromatic amines is 1. The number of carbonyl (C=O) groups excluding carboxylic acids is 1. The molecule has 1 atom stereocenters. The molecule has 0 unspecified atom stereocenters. The smallest absolute Gasteiger partial charge is 0.220 e. The number of nitrogens with one attached hydrogen (secondary N) is 2. The lowest BCUT2D eigenvalue weighted by atomic mass is 10.1. The summed E-state index contributed by atoms with van der Waals surface area (Å²) in [5.74, 6) is 0.869. The number of aromatic nitrogens is 4. The number of carbonyl (C=O) groups is 1. The van der Waals surface area contributed by atoms with Gasteiger partial charge in [0, 0.05) is 26.1 Å². The third-order valence-corrected chi connectivity index (χ3v) is 3.99. The van der Waals surface area contributed by atoms with Crippen molar-refractivity contribution in [3.05, 3.63) is 48.0 Å². The van der Waals surface area contributed by atoms with Crippen molar-refractivity contribution in [1.29, 1.82) is 0 Å². The number of H-pyrrole nitrogens is 1. The highest BCUT2D eigenvalue weighted by atomic mass is 16.1. The molecule has 0 aliphatic heterocycles. The summed E-state index contributed by atoms with van der Waals surface area (Å²) in [7, 11) is 1.89. The number of amides is 1. The van der Waals surface area contributed by atoms with Crippen LogP contribution in [0, 0.1) is 0 Å². The molecule has 2 heterocycles. The second-order valence-corrected chi connectivity index (χ2v) is 5.61. The maximum atomic E-state index is 12.2. The Balaban J connectivity index is 1.59. The highest BCUT2D eigenvalue weighted by Crippen LogP contribution is 2.16. The molecule has 0 aliphatic rings. The van der Waals surface area contributed by atoms with Crippen molar-refractivity contribution in [3.8, 4) is 0 Å². The Bertz CT molecular complexity index is 771. The van der Waals surface area contributed by atoms with Gasteiger partial charge in [0.25, 0.3) is 0 Å². The van der Waals surface area contributed by atoms with Crippen LogP contribution in [0.3, 0.4) is 0 Å². The molecular formula is C17H21N5O. The summed E-state index contributed by atoms with van der Waals surface area (Å²) in [6.07, 6.45) is 3.59. The molecular weight excluding hydrogens is 290 g/mol. The van der Waals surface area contributed by atoms with Crippen molar-refractivity contribution in [3.63, 3.8) is 0 Å². The zero-order valence-electron chi connectivity index (χ0n) is 13.4. The fourth-order valence-corrected chi connectivity index (χ4v) is 2.73. The van der Waals surface area contributed by atoms with Crippen molar-refractivity contribution in [2.45, 2.75) is 32.2 Å². The van der Waals surface area contributed by atoms with E-state index in [0.29, 0.717) is 12.8 Å². The fraction of sp³-hybridized carbons (Fsp3) is 0.353. The van der Waals surface area contributed by atoms with Gasteiger partial charge in [0.1, 0.15) is 5.82 Å². The van der Waals surface area contributed by atoms with E-state index in [2.05, 4.69) is 27.3 Å². The van der Waals surface area contributed by atoms with E-state index in [9.17, 15) is 4.79 Å². The summed E-state index contributed by atoms with van der Waals surface area (Å²) in [5.41, 5.74) is 2.96. The predicted octanol–water partition coefficient (Wildman–Crippen LogP) is 2.50. The largest absolute Gasteiger partial charge is 0.348 e. The molecule has 1 aromatic carbocycles. The molecule has 0 radical (unpaired) electrons. The lowest BCUT2D eigenvalue weighted by Gasteiger charge is -2.17. The normalized spacial score (nSPS) is 12.4. The molecule has 2 N–H and O–H groups in total. The van der Waals surface area contributed by atoms with E-state index in [1.807, 2.05) is 37.4 Å². The average Bonchev–Trinajstić information content (AvgIpc) is 3.16. The van der Waals surface area contributed by atoms with Crippen LogP contribution in [-0.4, -0.2) is 25.7 Å². The summed E-state index contributed by atoms with van der Waals surface area (Å²) in [6, 6.07) is 9.81. The highest BCUT2D eigenvalue weighted by molar-refractivity contribution is 5.77. The molecule has 120 valence electrons. The standard InChI is InChI=1S/C17H21N5O/c1-3-12(15-10-11-18-22(15)2)21-17(23)9-8-16-19-13-6-4-5-7-14(13)20-16/h4-7,10-12H,3,8-9H2,1-2H3,(H,19,20)(H,21,23)/t12-/m0/s1. The van der Waals surface area contributed by atoms with Crippen LogP contribution in [0.25, 0.3) is 11.0 Å². The monoisotopic (exact) mass is 311 g/mol. The number of rotatable bonds is 6. The summed E-state index contributed by atoms with van der Waals surface area (Å²) >= 11 is 0. The molecule has 3 rings (SSSR count). The number of hydrogen-bond donors (Lipinski definition) is 2. The van der Waals surface area contributed by atoms with Gasteiger partial charge in [-0.2, -0.15) is 5.10 Å². The minimum Gasteiger partial charge on any atom is -0.348 e. The van der Waals surface area contributed by atoms with Crippen molar-refractivity contribution in [1.82, 2.24) is 25.1 Å². The molecule has 3 aromatic rings. The molecule has 0 fully saturated rings. The number of aryl methyl sites for hydroxylation is 2. The van der Waals surface area contributed by atoms with Crippen LogP contribution in [0.1, 0.15) is 37.3 Å². The van der Waals surface area contributed by atoms with Crippen molar-refractivity contribution < 1.29 is 4.79 Å². The SMILES string of the molecule is CC[C@H](NC(=O)CCc1nc2ccccc2[nH]1)c1ccnn1C. The molecule has 23 heavy (non-hydrogen) atoms. The van der Waals surface area contributed by atoms with Gasteiger partial charge in [0.15, 0.2) is 0 Å².